The quantitative estimate of drug-likeness (QED) is 0.765. The number of morpholine rings is 1. The lowest BCUT2D eigenvalue weighted by atomic mass is 10.0. The highest BCUT2D eigenvalue weighted by Crippen LogP contribution is 2.26. The standard InChI is InChI=1S/C19H23N3O5/c1-26-12-18(24)22-7-9-27-17(11-22)16-10-14(19(25)20-6-8-23)13-4-2-3-5-15(13)21-16/h2-5,10,17,23H,6-9,11-12H2,1H3,(H,20,25)/t17-/m0/s1. The molecule has 1 fully saturated rings. The largest absolute Gasteiger partial charge is 0.395 e. The highest BCUT2D eigenvalue weighted by atomic mass is 16.5. The lowest BCUT2D eigenvalue weighted by Crippen LogP contribution is -2.44. The van der Waals surface area contributed by atoms with Crippen LogP contribution in [-0.4, -0.2) is 73.4 Å². The summed E-state index contributed by atoms with van der Waals surface area (Å²) in [5, 5.41) is 12.4. The highest BCUT2D eigenvalue weighted by molar-refractivity contribution is 6.06. The molecule has 0 unspecified atom stereocenters. The average molecular weight is 373 g/mol. The van der Waals surface area contributed by atoms with Crippen LogP contribution in [0, 0.1) is 0 Å². The van der Waals surface area contributed by atoms with E-state index >= 15 is 0 Å². The third-order valence-electron chi connectivity index (χ3n) is 4.39. The molecule has 27 heavy (non-hydrogen) atoms. The molecule has 2 aromatic rings. The van der Waals surface area contributed by atoms with Crippen molar-refractivity contribution in [1.82, 2.24) is 15.2 Å². The van der Waals surface area contributed by atoms with Crippen LogP contribution in [0.25, 0.3) is 10.9 Å². The number of carbonyl (C=O) groups excluding carboxylic acids is 2. The molecule has 8 heteroatoms. The van der Waals surface area contributed by atoms with Gasteiger partial charge in [-0.25, -0.2) is 4.98 Å². The maximum atomic E-state index is 12.5. The molecular weight excluding hydrogens is 350 g/mol. The highest BCUT2D eigenvalue weighted by Gasteiger charge is 2.27. The Kier molecular flexibility index (Phi) is 6.33. The van der Waals surface area contributed by atoms with Gasteiger partial charge in [0.05, 0.1) is 36.5 Å². The number of methoxy groups -OCH3 is 1. The Morgan fingerprint density at radius 2 is 2.22 bits per heavy atom. The number of aliphatic hydroxyl groups excluding tert-OH is 1. The Bertz CT molecular complexity index is 826. The number of amides is 2. The number of ether oxygens (including phenoxy) is 2. The van der Waals surface area contributed by atoms with Crippen LogP contribution in [0.3, 0.4) is 0 Å². The van der Waals surface area contributed by atoms with Crippen LogP contribution in [0.5, 0.6) is 0 Å². The number of nitrogens with zero attached hydrogens (tertiary/aromatic N) is 2. The number of fused-ring (bicyclic) bond motifs is 1. The molecule has 1 aromatic heterocycles. The van der Waals surface area contributed by atoms with Crippen molar-refractivity contribution >= 4 is 22.7 Å². The molecule has 0 spiro atoms. The van der Waals surface area contributed by atoms with E-state index < -0.39 is 6.10 Å². The molecule has 1 aliphatic heterocycles. The van der Waals surface area contributed by atoms with Crippen molar-refractivity contribution in [2.75, 3.05) is 46.6 Å². The van der Waals surface area contributed by atoms with E-state index in [-0.39, 0.29) is 31.6 Å². The van der Waals surface area contributed by atoms with Gasteiger partial charge in [0, 0.05) is 25.6 Å². The van der Waals surface area contributed by atoms with Gasteiger partial charge in [-0.05, 0) is 12.1 Å². The number of carbonyl (C=O) groups is 2. The van der Waals surface area contributed by atoms with E-state index in [1.165, 1.54) is 7.11 Å². The van der Waals surface area contributed by atoms with Crippen molar-refractivity contribution in [2.24, 2.45) is 0 Å². The molecule has 2 heterocycles. The van der Waals surface area contributed by atoms with Crippen molar-refractivity contribution in [1.29, 1.82) is 0 Å². The molecule has 0 radical (unpaired) electrons. The molecule has 0 bridgehead atoms. The fraction of sp³-hybridized carbons (Fsp3) is 0.421. The smallest absolute Gasteiger partial charge is 0.252 e. The molecule has 1 aromatic carbocycles. The second-order valence-corrected chi connectivity index (χ2v) is 6.22. The van der Waals surface area contributed by atoms with Crippen LogP contribution in [-0.2, 0) is 14.3 Å². The fourth-order valence-electron chi connectivity index (χ4n) is 3.08. The zero-order valence-corrected chi connectivity index (χ0v) is 15.2. The van der Waals surface area contributed by atoms with Crippen LogP contribution < -0.4 is 5.32 Å². The van der Waals surface area contributed by atoms with E-state index in [4.69, 9.17) is 14.6 Å². The molecule has 1 aliphatic rings. The third-order valence-corrected chi connectivity index (χ3v) is 4.39. The molecule has 2 N–H and O–H groups in total. The van der Waals surface area contributed by atoms with Crippen LogP contribution in [0.1, 0.15) is 22.2 Å². The van der Waals surface area contributed by atoms with Crippen molar-refractivity contribution < 1.29 is 24.2 Å². The number of hydrogen-bond donors (Lipinski definition) is 2. The molecule has 1 saturated heterocycles. The second kappa shape index (κ2) is 8.90. The Morgan fingerprint density at radius 1 is 1.41 bits per heavy atom. The minimum Gasteiger partial charge on any atom is -0.395 e. The van der Waals surface area contributed by atoms with E-state index in [1.54, 1.807) is 11.0 Å². The first-order chi connectivity index (χ1) is 13.1. The maximum absolute atomic E-state index is 12.5. The summed E-state index contributed by atoms with van der Waals surface area (Å²) in [5.74, 6) is -0.389. The van der Waals surface area contributed by atoms with Gasteiger partial charge < -0.3 is 24.8 Å². The van der Waals surface area contributed by atoms with Crippen molar-refractivity contribution in [3.63, 3.8) is 0 Å². The van der Waals surface area contributed by atoms with Gasteiger partial charge >= 0.3 is 0 Å². The molecule has 144 valence electrons. The van der Waals surface area contributed by atoms with Gasteiger partial charge in [-0.3, -0.25) is 9.59 Å². The predicted octanol–water partition coefficient (Wildman–Crippen LogP) is 0.503. The summed E-state index contributed by atoms with van der Waals surface area (Å²) < 4.78 is 10.7. The van der Waals surface area contributed by atoms with Crippen LogP contribution in [0.15, 0.2) is 30.3 Å². The Morgan fingerprint density at radius 3 is 3.00 bits per heavy atom. The molecule has 3 rings (SSSR count). The number of para-hydroxylation sites is 1. The second-order valence-electron chi connectivity index (χ2n) is 6.22. The summed E-state index contributed by atoms with van der Waals surface area (Å²) in [4.78, 5) is 31.0. The van der Waals surface area contributed by atoms with Gasteiger partial charge in [-0.15, -0.1) is 0 Å². The Balaban J connectivity index is 1.92. The summed E-state index contributed by atoms with van der Waals surface area (Å²) in [6.07, 6.45) is -0.423. The summed E-state index contributed by atoms with van der Waals surface area (Å²) in [6, 6.07) is 9.05. The van der Waals surface area contributed by atoms with Gasteiger partial charge in [-0.1, -0.05) is 18.2 Å². The zero-order valence-electron chi connectivity index (χ0n) is 15.2. The molecule has 1 atom stereocenters. The van der Waals surface area contributed by atoms with E-state index in [9.17, 15) is 9.59 Å². The first kappa shape index (κ1) is 19.2. The van der Waals surface area contributed by atoms with Gasteiger partial charge in [-0.2, -0.15) is 0 Å². The average Bonchev–Trinajstić information content (AvgIpc) is 2.71. The first-order valence-corrected chi connectivity index (χ1v) is 8.81. The number of pyridine rings is 1. The molecular formula is C19H23N3O5. The van der Waals surface area contributed by atoms with Gasteiger partial charge in [0.2, 0.25) is 5.91 Å². The topological polar surface area (TPSA) is 101 Å². The Hall–Kier alpha value is -2.55. The SMILES string of the molecule is COCC(=O)N1CCO[C@H](c2cc(C(=O)NCCO)c3ccccc3n2)C1. The van der Waals surface area contributed by atoms with Crippen molar-refractivity contribution in [3.05, 3.63) is 41.6 Å². The number of aromatic nitrogens is 1. The van der Waals surface area contributed by atoms with Crippen molar-refractivity contribution in [2.45, 2.75) is 6.10 Å². The van der Waals surface area contributed by atoms with Gasteiger partial charge in [0.25, 0.3) is 5.91 Å². The van der Waals surface area contributed by atoms with E-state index in [1.807, 2.05) is 24.3 Å². The number of aliphatic hydroxyl groups is 1. The Labute approximate surface area is 157 Å². The lowest BCUT2D eigenvalue weighted by Gasteiger charge is -2.32. The van der Waals surface area contributed by atoms with E-state index in [0.29, 0.717) is 36.5 Å². The molecule has 0 aliphatic carbocycles. The van der Waals surface area contributed by atoms with Gasteiger partial charge in [0.1, 0.15) is 12.7 Å². The minimum absolute atomic E-state index is 0.0205. The number of rotatable bonds is 6. The van der Waals surface area contributed by atoms with Gasteiger partial charge in [0.15, 0.2) is 0 Å². The van der Waals surface area contributed by atoms with E-state index in [2.05, 4.69) is 10.3 Å². The van der Waals surface area contributed by atoms with Crippen LogP contribution >= 0.6 is 0 Å². The molecule has 0 saturated carbocycles. The number of nitrogens with one attached hydrogen (secondary N) is 1. The monoisotopic (exact) mass is 373 g/mol. The zero-order chi connectivity index (χ0) is 19.2. The minimum atomic E-state index is -0.423. The van der Waals surface area contributed by atoms with Crippen LogP contribution in [0.2, 0.25) is 0 Å². The number of benzene rings is 1. The number of hydrogen-bond acceptors (Lipinski definition) is 6. The summed E-state index contributed by atoms with van der Waals surface area (Å²) in [6.45, 7) is 1.29. The van der Waals surface area contributed by atoms with Crippen LogP contribution in [0.4, 0.5) is 0 Å². The third kappa shape index (κ3) is 4.41. The fourth-order valence-corrected chi connectivity index (χ4v) is 3.08. The van der Waals surface area contributed by atoms with E-state index in [0.717, 1.165) is 5.39 Å². The summed E-state index contributed by atoms with van der Waals surface area (Å²) in [7, 11) is 1.48. The summed E-state index contributed by atoms with van der Waals surface area (Å²) in [5.41, 5.74) is 1.74. The lowest BCUT2D eigenvalue weighted by molar-refractivity contribution is -0.143. The van der Waals surface area contributed by atoms with Crippen molar-refractivity contribution in [3.8, 4) is 0 Å². The molecule has 2 amide bonds. The maximum Gasteiger partial charge on any atom is 0.252 e. The summed E-state index contributed by atoms with van der Waals surface area (Å²) >= 11 is 0. The molecule has 8 nitrogen and oxygen atoms in total. The first-order valence-electron chi connectivity index (χ1n) is 8.81. The normalized spacial score (nSPS) is 17.1. The predicted molar refractivity (Wildman–Crippen MR) is 98.3 cm³/mol.